The van der Waals surface area contributed by atoms with Gasteiger partial charge in [-0.3, -0.25) is 4.79 Å². The predicted molar refractivity (Wildman–Crippen MR) is 102 cm³/mol. The molecule has 0 aliphatic carbocycles. The minimum Gasteiger partial charge on any atom is -0.497 e. The standard InChI is InChI=1S/C21H22N4O3/c1-27-16-4-2-3-15(13-16)17-14-22-20-21(8-12-25(17)20)6-10-24(11-7-21)19(26)18-5-9-23-28-18/h2-5,9,13-14H,6-8,10-12H2,1H3. The Hall–Kier alpha value is -3.09. The van der Waals surface area contributed by atoms with Crippen molar-refractivity contribution in [2.75, 3.05) is 20.2 Å². The van der Waals surface area contributed by atoms with Crippen molar-refractivity contribution in [1.82, 2.24) is 19.6 Å². The Morgan fingerprint density at radius 1 is 1.18 bits per heavy atom. The second-order valence-corrected chi connectivity index (χ2v) is 7.55. The summed E-state index contributed by atoms with van der Waals surface area (Å²) in [6, 6.07) is 9.72. The van der Waals surface area contributed by atoms with Gasteiger partial charge in [-0.1, -0.05) is 17.3 Å². The van der Waals surface area contributed by atoms with Crippen molar-refractivity contribution in [2.24, 2.45) is 0 Å². The molecule has 0 atom stereocenters. The molecule has 2 aliphatic heterocycles. The van der Waals surface area contributed by atoms with Crippen molar-refractivity contribution in [3.8, 4) is 17.0 Å². The van der Waals surface area contributed by atoms with Gasteiger partial charge in [-0.25, -0.2) is 4.98 Å². The van der Waals surface area contributed by atoms with Crippen molar-refractivity contribution in [3.05, 3.63) is 54.3 Å². The Bertz CT molecular complexity index is 1000. The molecule has 0 radical (unpaired) electrons. The van der Waals surface area contributed by atoms with E-state index in [1.807, 2.05) is 29.3 Å². The summed E-state index contributed by atoms with van der Waals surface area (Å²) in [6.07, 6.45) is 6.38. The summed E-state index contributed by atoms with van der Waals surface area (Å²) >= 11 is 0. The number of hydrogen-bond acceptors (Lipinski definition) is 5. The number of piperidine rings is 1. The number of nitrogens with zero attached hydrogens (tertiary/aromatic N) is 4. The fourth-order valence-corrected chi connectivity index (χ4v) is 4.57. The average molecular weight is 378 g/mol. The molecule has 0 unspecified atom stereocenters. The number of imidazole rings is 1. The fraction of sp³-hybridized carbons (Fsp3) is 0.381. The molecule has 1 spiro atoms. The molecule has 1 aromatic carbocycles. The number of fused-ring (bicyclic) bond motifs is 2. The number of carbonyl (C=O) groups excluding carboxylic acids is 1. The largest absolute Gasteiger partial charge is 0.497 e. The van der Waals surface area contributed by atoms with Gasteiger partial charge in [0.1, 0.15) is 11.6 Å². The maximum atomic E-state index is 12.5. The van der Waals surface area contributed by atoms with Crippen LogP contribution in [0.4, 0.5) is 0 Å². The third kappa shape index (κ3) is 2.61. The summed E-state index contributed by atoms with van der Waals surface area (Å²) in [4.78, 5) is 19.2. The molecule has 28 heavy (non-hydrogen) atoms. The summed E-state index contributed by atoms with van der Waals surface area (Å²) in [6.45, 7) is 2.37. The van der Waals surface area contributed by atoms with E-state index in [9.17, 15) is 4.79 Å². The molecule has 0 saturated carbocycles. The lowest BCUT2D eigenvalue weighted by Crippen LogP contribution is -2.44. The van der Waals surface area contributed by atoms with Gasteiger partial charge in [0, 0.05) is 36.7 Å². The molecule has 5 rings (SSSR count). The predicted octanol–water partition coefficient (Wildman–Crippen LogP) is 3.12. The van der Waals surface area contributed by atoms with Crippen molar-refractivity contribution in [3.63, 3.8) is 0 Å². The molecule has 1 fully saturated rings. The topological polar surface area (TPSA) is 73.4 Å². The van der Waals surface area contributed by atoms with Gasteiger partial charge in [-0.15, -0.1) is 0 Å². The minimum absolute atomic E-state index is 0.0509. The number of amides is 1. The lowest BCUT2D eigenvalue weighted by Gasteiger charge is -2.38. The highest BCUT2D eigenvalue weighted by Gasteiger charge is 2.44. The molecule has 0 N–H and O–H groups in total. The molecule has 144 valence electrons. The molecule has 3 aromatic rings. The van der Waals surface area contributed by atoms with Gasteiger partial charge >= 0.3 is 0 Å². The zero-order valence-corrected chi connectivity index (χ0v) is 15.8. The number of likely N-dealkylation sites (tertiary alicyclic amines) is 1. The highest BCUT2D eigenvalue weighted by Crippen LogP contribution is 2.45. The van der Waals surface area contributed by atoms with E-state index in [0.29, 0.717) is 18.8 Å². The van der Waals surface area contributed by atoms with Crippen molar-refractivity contribution in [1.29, 1.82) is 0 Å². The van der Waals surface area contributed by atoms with Crippen LogP contribution < -0.4 is 4.74 Å². The van der Waals surface area contributed by atoms with E-state index < -0.39 is 0 Å². The van der Waals surface area contributed by atoms with Gasteiger partial charge in [0.2, 0.25) is 5.76 Å². The van der Waals surface area contributed by atoms with Crippen LogP contribution in [0.1, 0.15) is 35.6 Å². The number of hydrogen-bond donors (Lipinski definition) is 0. The Kier molecular flexibility index (Phi) is 3.96. The second-order valence-electron chi connectivity index (χ2n) is 7.55. The molecular weight excluding hydrogens is 356 g/mol. The first-order valence-electron chi connectivity index (χ1n) is 9.61. The Balaban J connectivity index is 1.38. The molecule has 7 heteroatoms. The minimum atomic E-state index is -0.0780. The zero-order valence-electron chi connectivity index (χ0n) is 15.8. The quantitative estimate of drug-likeness (QED) is 0.700. The Morgan fingerprint density at radius 3 is 2.75 bits per heavy atom. The molecule has 1 saturated heterocycles. The van der Waals surface area contributed by atoms with E-state index in [0.717, 1.165) is 48.6 Å². The molecule has 4 heterocycles. The first kappa shape index (κ1) is 17.0. The summed E-state index contributed by atoms with van der Waals surface area (Å²) in [7, 11) is 1.68. The van der Waals surface area contributed by atoms with Crippen LogP contribution in [-0.2, 0) is 12.0 Å². The van der Waals surface area contributed by atoms with Crippen molar-refractivity contribution in [2.45, 2.75) is 31.2 Å². The normalized spacial score (nSPS) is 17.7. The monoisotopic (exact) mass is 378 g/mol. The maximum Gasteiger partial charge on any atom is 0.292 e. The van der Waals surface area contributed by atoms with Gasteiger partial charge in [0.25, 0.3) is 5.91 Å². The number of methoxy groups -OCH3 is 1. The molecule has 2 aromatic heterocycles. The van der Waals surface area contributed by atoms with Gasteiger partial charge in [-0.05, 0) is 31.4 Å². The van der Waals surface area contributed by atoms with E-state index in [-0.39, 0.29) is 11.3 Å². The highest BCUT2D eigenvalue weighted by molar-refractivity contribution is 5.91. The van der Waals surface area contributed by atoms with Crippen molar-refractivity contribution >= 4 is 5.91 Å². The van der Waals surface area contributed by atoms with Gasteiger partial charge in [-0.2, -0.15) is 0 Å². The van der Waals surface area contributed by atoms with Gasteiger partial charge < -0.3 is 18.7 Å². The van der Waals surface area contributed by atoms with E-state index in [4.69, 9.17) is 14.2 Å². The van der Waals surface area contributed by atoms with Gasteiger partial charge in [0.15, 0.2) is 0 Å². The lowest BCUT2D eigenvalue weighted by atomic mass is 9.76. The molecule has 7 nitrogen and oxygen atoms in total. The van der Waals surface area contributed by atoms with E-state index >= 15 is 0 Å². The van der Waals surface area contributed by atoms with Crippen LogP contribution in [0.2, 0.25) is 0 Å². The smallest absolute Gasteiger partial charge is 0.292 e. The Labute approximate surface area is 162 Å². The number of carbonyl (C=O) groups is 1. The van der Waals surface area contributed by atoms with E-state index in [1.165, 1.54) is 6.20 Å². The van der Waals surface area contributed by atoms with Crippen LogP contribution in [0.3, 0.4) is 0 Å². The van der Waals surface area contributed by atoms with E-state index in [1.54, 1.807) is 13.2 Å². The summed E-state index contributed by atoms with van der Waals surface area (Å²) < 4.78 is 12.7. The van der Waals surface area contributed by atoms with Crippen LogP contribution in [0.25, 0.3) is 11.3 Å². The zero-order chi connectivity index (χ0) is 19.1. The molecule has 1 amide bonds. The van der Waals surface area contributed by atoms with Crippen LogP contribution in [-0.4, -0.2) is 45.7 Å². The molecule has 2 aliphatic rings. The van der Waals surface area contributed by atoms with Crippen LogP contribution in [0.5, 0.6) is 5.75 Å². The number of rotatable bonds is 3. The summed E-state index contributed by atoms with van der Waals surface area (Å²) in [5, 5.41) is 3.64. The fourth-order valence-electron chi connectivity index (χ4n) is 4.57. The highest BCUT2D eigenvalue weighted by atomic mass is 16.5. The number of benzene rings is 1. The second kappa shape index (κ2) is 6.51. The first-order chi connectivity index (χ1) is 13.7. The summed E-state index contributed by atoms with van der Waals surface area (Å²) in [5.74, 6) is 2.23. The third-order valence-corrected chi connectivity index (χ3v) is 6.17. The van der Waals surface area contributed by atoms with Crippen molar-refractivity contribution < 1.29 is 14.1 Å². The van der Waals surface area contributed by atoms with Crippen LogP contribution in [0, 0.1) is 0 Å². The SMILES string of the molecule is COc1cccc(-c2cnc3n2CCC32CCN(C(=O)c3ccno3)CC2)c1. The first-order valence-corrected chi connectivity index (χ1v) is 9.61. The number of ether oxygens (including phenoxy) is 1. The molecule has 0 bridgehead atoms. The maximum absolute atomic E-state index is 12.5. The van der Waals surface area contributed by atoms with Gasteiger partial charge in [0.05, 0.1) is 25.2 Å². The van der Waals surface area contributed by atoms with Crippen LogP contribution in [0.15, 0.2) is 47.2 Å². The van der Waals surface area contributed by atoms with E-state index in [2.05, 4.69) is 15.8 Å². The van der Waals surface area contributed by atoms with Crippen LogP contribution >= 0.6 is 0 Å². The number of aromatic nitrogens is 3. The average Bonchev–Trinajstić information content (AvgIpc) is 3.47. The third-order valence-electron chi connectivity index (χ3n) is 6.17. The lowest BCUT2D eigenvalue weighted by molar-refractivity contribution is 0.0622. The summed E-state index contributed by atoms with van der Waals surface area (Å²) in [5.41, 5.74) is 2.30. The Morgan fingerprint density at radius 2 is 2.00 bits per heavy atom. The molecular formula is C21H22N4O3.